The smallest absolute Gasteiger partial charge is 0.0467 e. The average molecular weight is 242 g/mol. The van der Waals surface area contributed by atoms with Crippen molar-refractivity contribution >= 4 is 0 Å². The first-order valence-electron chi connectivity index (χ1n) is 6.90. The molecule has 0 bridgehead atoms. The summed E-state index contributed by atoms with van der Waals surface area (Å²) >= 11 is 0. The predicted molar refractivity (Wildman–Crippen MR) is 73.3 cm³/mol. The van der Waals surface area contributed by atoms with E-state index in [0.717, 1.165) is 32.0 Å². The van der Waals surface area contributed by atoms with E-state index in [1.165, 1.54) is 13.1 Å². The van der Waals surface area contributed by atoms with Gasteiger partial charge < -0.3 is 10.1 Å². The van der Waals surface area contributed by atoms with Gasteiger partial charge in [0.2, 0.25) is 0 Å². The van der Waals surface area contributed by atoms with Crippen LogP contribution in [0.3, 0.4) is 0 Å². The fourth-order valence-corrected chi connectivity index (χ4v) is 2.63. The van der Waals surface area contributed by atoms with E-state index in [4.69, 9.17) is 4.74 Å². The van der Waals surface area contributed by atoms with E-state index in [2.05, 4.69) is 37.9 Å². The maximum Gasteiger partial charge on any atom is 0.0467 e. The molecule has 0 aromatic heterocycles. The lowest BCUT2D eigenvalue weighted by molar-refractivity contribution is 0.0621. The topological polar surface area (TPSA) is 24.5 Å². The monoisotopic (exact) mass is 242 g/mol. The van der Waals surface area contributed by atoms with Crippen LogP contribution in [-0.4, -0.2) is 50.8 Å². The molecular weight excluding hydrogens is 212 g/mol. The highest BCUT2D eigenvalue weighted by Crippen LogP contribution is 2.25. The van der Waals surface area contributed by atoms with Crippen LogP contribution in [0.5, 0.6) is 0 Å². The van der Waals surface area contributed by atoms with Crippen LogP contribution in [-0.2, 0) is 4.74 Å². The third kappa shape index (κ3) is 4.94. The van der Waals surface area contributed by atoms with Crippen molar-refractivity contribution in [2.45, 2.75) is 40.2 Å². The predicted octanol–water partition coefficient (Wildman–Crippen LogP) is 1.98. The summed E-state index contributed by atoms with van der Waals surface area (Å²) < 4.78 is 5.21. The number of rotatable bonds is 6. The van der Waals surface area contributed by atoms with Crippen LogP contribution in [0, 0.1) is 11.3 Å². The SMILES string of the molecule is COCCC(C)(C)CN1CCNCC1C(C)C. The van der Waals surface area contributed by atoms with Crippen LogP contribution < -0.4 is 5.32 Å². The molecule has 17 heavy (non-hydrogen) atoms. The molecule has 1 unspecified atom stereocenters. The summed E-state index contributed by atoms with van der Waals surface area (Å²) in [5.41, 5.74) is 0.348. The molecule has 1 rings (SSSR count). The number of piperazine rings is 1. The molecule has 1 fully saturated rings. The van der Waals surface area contributed by atoms with E-state index in [0.29, 0.717) is 11.5 Å². The molecule has 0 radical (unpaired) electrons. The molecule has 1 N–H and O–H groups in total. The van der Waals surface area contributed by atoms with Crippen molar-refractivity contribution in [1.82, 2.24) is 10.2 Å². The standard InChI is InChI=1S/C14H30N2O/c1-12(2)13-10-15-7-8-16(13)11-14(3,4)6-9-17-5/h12-13,15H,6-11H2,1-5H3. The van der Waals surface area contributed by atoms with Crippen LogP contribution in [0.1, 0.15) is 34.1 Å². The largest absolute Gasteiger partial charge is 0.385 e. The molecular formula is C14H30N2O. The van der Waals surface area contributed by atoms with Crippen LogP contribution in [0.4, 0.5) is 0 Å². The number of ether oxygens (including phenoxy) is 1. The Morgan fingerprint density at radius 3 is 2.71 bits per heavy atom. The van der Waals surface area contributed by atoms with E-state index in [1.807, 2.05) is 0 Å². The van der Waals surface area contributed by atoms with E-state index < -0.39 is 0 Å². The van der Waals surface area contributed by atoms with E-state index in [-0.39, 0.29) is 0 Å². The zero-order chi connectivity index (χ0) is 12.9. The van der Waals surface area contributed by atoms with Crippen molar-refractivity contribution in [3.8, 4) is 0 Å². The van der Waals surface area contributed by atoms with Crippen LogP contribution in [0.25, 0.3) is 0 Å². The third-order valence-corrected chi connectivity index (χ3v) is 3.78. The summed E-state index contributed by atoms with van der Waals surface area (Å²) in [6.45, 7) is 14.9. The van der Waals surface area contributed by atoms with E-state index in [9.17, 15) is 0 Å². The molecule has 0 spiro atoms. The maximum atomic E-state index is 5.21. The summed E-state index contributed by atoms with van der Waals surface area (Å²) in [5.74, 6) is 0.723. The van der Waals surface area contributed by atoms with Gasteiger partial charge in [-0.2, -0.15) is 0 Å². The Bertz CT molecular complexity index is 216. The Balaban J connectivity index is 2.51. The normalized spacial score (nSPS) is 23.3. The molecule has 1 saturated heterocycles. The Kier molecular flexibility index (Phi) is 5.90. The highest BCUT2D eigenvalue weighted by atomic mass is 16.5. The van der Waals surface area contributed by atoms with Gasteiger partial charge in [-0.1, -0.05) is 27.7 Å². The van der Waals surface area contributed by atoms with Gasteiger partial charge in [-0.05, 0) is 17.8 Å². The second-order valence-electron chi connectivity index (χ2n) is 6.39. The summed E-state index contributed by atoms with van der Waals surface area (Å²) in [5, 5.41) is 3.51. The molecule has 1 aliphatic rings. The zero-order valence-electron chi connectivity index (χ0n) is 12.3. The number of nitrogens with one attached hydrogen (secondary N) is 1. The van der Waals surface area contributed by atoms with Gasteiger partial charge >= 0.3 is 0 Å². The fourth-order valence-electron chi connectivity index (χ4n) is 2.63. The van der Waals surface area contributed by atoms with Gasteiger partial charge in [-0.15, -0.1) is 0 Å². The van der Waals surface area contributed by atoms with Gasteiger partial charge in [0, 0.05) is 45.9 Å². The number of hydrogen-bond donors (Lipinski definition) is 1. The molecule has 0 amide bonds. The molecule has 1 atom stereocenters. The van der Waals surface area contributed by atoms with Gasteiger partial charge in [0.15, 0.2) is 0 Å². The van der Waals surface area contributed by atoms with E-state index in [1.54, 1.807) is 7.11 Å². The Morgan fingerprint density at radius 2 is 2.12 bits per heavy atom. The summed E-state index contributed by atoms with van der Waals surface area (Å²) in [7, 11) is 1.79. The van der Waals surface area contributed by atoms with Crippen LogP contribution in [0.2, 0.25) is 0 Å². The summed E-state index contributed by atoms with van der Waals surface area (Å²) in [6.07, 6.45) is 1.14. The Labute approximate surface area is 107 Å². The third-order valence-electron chi connectivity index (χ3n) is 3.78. The molecule has 0 aromatic rings. The second kappa shape index (κ2) is 6.72. The van der Waals surface area contributed by atoms with Crippen molar-refractivity contribution in [1.29, 1.82) is 0 Å². The molecule has 3 nitrogen and oxygen atoms in total. The highest BCUT2D eigenvalue weighted by molar-refractivity contribution is 4.85. The van der Waals surface area contributed by atoms with Crippen molar-refractivity contribution in [3.63, 3.8) is 0 Å². The zero-order valence-corrected chi connectivity index (χ0v) is 12.3. The van der Waals surface area contributed by atoms with Crippen LogP contribution in [0.15, 0.2) is 0 Å². The Morgan fingerprint density at radius 1 is 1.41 bits per heavy atom. The lowest BCUT2D eigenvalue weighted by atomic mass is 9.87. The minimum atomic E-state index is 0.348. The van der Waals surface area contributed by atoms with Crippen molar-refractivity contribution in [3.05, 3.63) is 0 Å². The van der Waals surface area contributed by atoms with Gasteiger partial charge in [-0.3, -0.25) is 4.90 Å². The van der Waals surface area contributed by atoms with E-state index >= 15 is 0 Å². The minimum Gasteiger partial charge on any atom is -0.385 e. The fraction of sp³-hybridized carbons (Fsp3) is 1.00. The molecule has 1 aliphatic heterocycles. The molecule has 0 saturated carbocycles. The molecule has 0 aliphatic carbocycles. The number of hydrogen-bond acceptors (Lipinski definition) is 3. The molecule has 1 heterocycles. The minimum absolute atomic E-state index is 0.348. The van der Waals surface area contributed by atoms with Gasteiger partial charge in [0.1, 0.15) is 0 Å². The highest BCUT2D eigenvalue weighted by Gasteiger charge is 2.29. The maximum absolute atomic E-state index is 5.21. The van der Waals surface area contributed by atoms with Crippen molar-refractivity contribution in [2.75, 3.05) is 39.9 Å². The second-order valence-corrected chi connectivity index (χ2v) is 6.39. The van der Waals surface area contributed by atoms with Gasteiger partial charge in [-0.25, -0.2) is 0 Å². The molecule has 102 valence electrons. The van der Waals surface area contributed by atoms with Crippen LogP contribution >= 0.6 is 0 Å². The van der Waals surface area contributed by atoms with Crippen molar-refractivity contribution in [2.24, 2.45) is 11.3 Å². The quantitative estimate of drug-likeness (QED) is 0.771. The van der Waals surface area contributed by atoms with Gasteiger partial charge in [0.25, 0.3) is 0 Å². The first-order valence-corrected chi connectivity index (χ1v) is 6.90. The lowest BCUT2D eigenvalue weighted by Crippen LogP contribution is -2.55. The first kappa shape index (κ1) is 14.9. The summed E-state index contributed by atoms with van der Waals surface area (Å²) in [4.78, 5) is 2.66. The average Bonchev–Trinajstić information content (AvgIpc) is 2.26. The van der Waals surface area contributed by atoms with Crippen molar-refractivity contribution < 1.29 is 4.74 Å². The lowest BCUT2D eigenvalue weighted by Gasteiger charge is -2.42. The van der Waals surface area contributed by atoms with Gasteiger partial charge in [0.05, 0.1) is 0 Å². The first-order chi connectivity index (χ1) is 7.96. The Hall–Kier alpha value is -0.120. The summed E-state index contributed by atoms with van der Waals surface area (Å²) in [6, 6.07) is 0.686. The molecule has 3 heteroatoms. The number of nitrogens with zero attached hydrogens (tertiary/aromatic N) is 1. The molecule has 0 aromatic carbocycles. The number of methoxy groups -OCH3 is 1.